The van der Waals surface area contributed by atoms with Crippen LogP contribution in [0.15, 0.2) is 24.3 Å². The summed E-state index contributed by atoms with van der Waals surface area (Å²) >= 11 is 0. The van der Waals surface area contributed by atoms with Crippen LogP contribution < -0.4 is 4.74 Å². The Labute approximate surface area is 104 Å². The third-order valence-corrected chi connectivity index (χ3v) is 3.17. The van der Waals surface area contributed by atoms with Gasteiger partial charge in [-0.3, -0.25) is 0 Å². The fourth-order valence-electron chi connectivity index (χ4n) is 2.26. The lowest BCUT2D eigenvalue weighted by Gasteiger charge is -2.11. The molecule has 0 spiro atoms. The van der Waals surface area contributed by atoms with E-state index < -0.39 is 0 Å². The van der Waals surface area contributed by atoms with E-state index in [0.29, 0.717) is 18.1 Å². The lowest BCUT2D eigenvalue weighted by molar-refractivity contribution is 0.242. The Balaban J connectivity index is 1.89. The van der Waals surface area contributed by atoms with Gasteiger partial charge in [-0.25, -0.2) is 0 Å². The number of hydrogen-bond donors (Lipinski definition) is 0. The van der Waals surface area contributed by atoms with Gasteiger partial charge in [0.2, 0.25) is 0 Å². The van der Waals surface area contributed by atoms with Crippen LogP contribution in [0.25, 0.3) is 0 Å². The predicted octanol–water partition coefficient (Wildman–Crippen LogP) is 3.44. The zero-order valence-corrected chi connectivity index (χ0v) is 11.1. The van der Waals surface area contributed by atoms with Crippen molar-refractivity contribution in [2.24, 2.45) is 5.92 Å². The molecule has 3 unspecified atom stereocenters. The highest BCUT2D eigenvalue weighted by Crippen LogP contribution is 2.31. The van der Waals surface area contributed by atoms with Gasteiger partial charge in [-0.05, 0) is 50.8 Å². The highest BCUT2D eigenvalue weighted by atomic mass is 16.6. The van der Waals surface area contributed by atoms with Crippen molar-refractivity contribution in [3.8, 4) is 5.75 Å². The second kappa shape index (κ2) is 5.09. The van der Waals surface area contributed by atoms with Gasteiger partial charge in [-0.15, -0.1) is 0 Å². The van der Waals surface area contributed by atoms with Crippen molar-refractivity contribution in [2.45, 2.75) is 52.4 Å². The van der Waals surface area contributed by atoms with E-state index in [1.54, 1.807) is 0 Å². The summed E-state index contributed by atoms with van der Waals surface area (Å²) < 4.78 is 11.1. The molecule has 0 bridgehead atoms. The topological polar surface area (TPSA) is 21.8 Å². The molecular formula is C15H22O2. The Hall–Kier alpha value is -1.02. The molecule has 2 rings (SSSR count). The molecule has 1 aromatic carbocycles. The third kappa shape index (κ3) is 3.47. The number of epoxide rings is 1. The predicted molar refractivity (Wildman–Crippen MR) is 69.4 cm³/mol. The van der Waals surface area contributed by atoms with Crippen molar-refractivity contribution in [2.75, 3.05) is 0 Å². The molecule has 0 aliphatic carbocycles. The lowest BCUT2D eigenvalue weighted by Crippen LogP contribution is -2.09. The highest BCUT2D eigenvalue weighted by Gasteiger charge is 2.38. The van der Waals surface area contributed by atoms with E-state index in [0.717, 1.165) is 12.2 Å². The molecule has 0 aromatic heterocycles. The first-order valence-electron chi connectivity index (χ1n) is 6.47. The van der Waals surface area contributed by atoms with Crippen LogP contribution in [0.2, 0.25) is 0 Å². The zero-order chi connectivity index (χ0) is 12.4. The minimum absolute atomic E-state index is 0.237. The molecule has 2 heteroatoms. The van der Waals surface area contributed by atoms with Gasteiger partial charge >= 0.3 is 0 Å². The molecule has 17 heavy (non-hydrogen) atoms. The minimum atomic E-state index is 0.237. The van der Waals surface area contributed by atoms with E-state index in [1.165, 1.54) is 5.56 Å². The fourth-order valence-corrected chi connectivity index (χ4v) is 2.26. The van der Waals surface area contributed by atoms with Gasteiger partial charge in [0.15, 0.2) is 0 Å². The monoisotopic (exact) mass is 234 g/mol. The molecule has 2 nitrogen and oxygen atoms in total. The standard InChI is InChI=1S/C15H22O2/c1-10(2)16-14-7-5-13(6-8-14)9-11(3)15-12(4)17-15/h5-8,10-12,15H,9H2,1-4H3. The maximum absolute atomic E-state index is 5.63. The van der Waals surface area contributed by atoms with Crippen LogP contribution in [0.5, 0.6) is 5.75 Å². The average Bonchev–Trinajstić information content (AvgIpc) is 2.98. The van der Waals surface area contributed by atoms with Gasteiger partial charge in [0.1, 0.15) is 5.75 Å². The summed E-state index contributed by atoms with van der Waals surface area (Å²) in [7, 11) is 0. The highest BCUT2D eigenvalue weighted by molar-refractivity contribution is 5.27. The molecule has 1 saturated heterocycles. The van der Waals surface area contributed by atoms with E-state index in [4.69, 9.17) is 9.47 Å². The smallest absolute Gasteiger partial charge is 0.119 e. The van der Waals surface area contributed by atoms with Gasteiger partial charge < -0.3 is 9.47 Å². The third-order valence-electron chi connectivity index (χ3n) is 3.17. The molecule has 3 atom stereocenters. The lowest BCUT2D eigenvalue weighted by atomic mass is 9.97. The van der Waals surface area contributed by atoms with Crippen molar-refractivity contribution in [3.05, 3.63) is 29.8 Å². The minimum Gasteiger partial charge on any atom is -0.491 e. The quantitative estimate of drug-likeness (QED) is 0.728. The molecular weight excluding hydrogens is 212 g/mol. The van der Waals surface area contributed by atoms with E-state index in [-0.39, 0.29) is 6.10 Å². The normalized spacial score (nSPS) is 24.8. The molecule has 0 radical (unpaired) electrons. The van der Waals surface area contributed by atoms with E-state index in [2.05, 4.69) is 38.1 Å². The van der Waals surface area contributed by atoms with Gasteiger partial charge in [0.05, 0.1) is 18.3 Å². The summed E-state index contributed by atoms with van der Waals surface area (Å²) in [6, 6.07) is 8.42. The van der Waals surface area contributed by atoms with Gasteiger partial charge in [-0.1, -0.05) is 19.1 Å². The maximum Gasteiger partial charge on any atom is 0.119 e. The Morgan fingerprint density at radius 2 is 1.76 bits per heavy atom. The van der Waals surface area contributed by atoms with E-state index >= 15 is 0 Å². The first-order valence-corrected chi connectivity index (χ1v) is 6.47. The van der Waals surface area contributed by atoms with Crippen molar-refractivity contribution >= 4 is 0 Å². The van der Waals surface area contributed by atoms with Gasteiger partial charge in [0, 0.05) is 0 Å². The van der Waals surface area contributed by atoms with Crippen LogP contribution in [0.4, 0.5) is 0 Å². The number of ether oxygens (including phenoxy) is 2. The molecule has 1 aliphatic rings. The largest absolute Gasteiger partial charge is 0.491 e. The first-order chi connectivity index (χ1) is 8.06. The van der Waals surface area contributed by atoms with Crippen LogP contribution in [0.3, 0.4) is 0 Å². The number of benzene rings is 1. The van der Waals surface area contributed by atoms with E-state index in [1.807, 2.05) is 13.8 Å². The van der Waals surface area contributed by atoms with E-state index in [9.17, 15) is 0 Å². The summed E-state index contributed by atoms with van der Waals surface area (Å²) in [5.41, 5.74) is 1.36. The van der Waals surface area contributed by atoms with Gasteiger partial charge in [-0.2, -0.15) is 0 Å². The Bertz CT molecular complexity index is 356. The molecule has 0 saturated carbocycles. The maximum atomic E-state index is 5.63. The van der Waals surface area contributed by atoms with Gasteiger partial charge in [0.25, 0.3) is 0 Å². The molecule has 1 aliphatic heterocycles. The number of rotatable bonds is 5. The van der Waals surface area contributed by atoms with Crippen LogP contribution in [0, 0.1) is 5.92 Å². The summed E-state index contributed by atoms with van der Waals surface area (Å²) in [5, 5.41) is 0. The van der Waals surface area contributed by atoms with Crippen molar-refractivity contribution < 1.29 is 9.47 Å². The molecule has 1 fully saturated rings. The van der Waals surface area contributed by atoms with Crippen molar-refractivity contribution in [3.63, 3.8) is 0 Å². The molecule has 0 amide bonds. The second-order valence-electron chi connectivity index (χ2n) is 5.30. The first kappa shape index (κ1) is 12.4. The summed E-state index contributed by atoms with van der Waals surface area (Å²) in [6.07, 6.45) is 2.23. The van der Waals surface area contributed by atoms with Crippen molar-refractivity contribution in [1.29, 1.82) is 0 Å². The average molecular weight is 234 g/mol. The molecule has 1 aromatic rings. The van der Waals surface area contributed by atoms with Crippen LogP contribution in [-0.2, 0) is 11.2 Å². The Morgan fingerprint density at radius 3 is 2.24 bits per heavy atom. The summed E-state index contributed by atoms with van der Waals surface area (Å²) in [4.78, 5) is 0. The zero-order valence-electron chi connectivity index (χ0n) is 11.1. The van der Waals surface area contributed by atoms with Crippen LogP contribution in [0.1, 0.15) is 33.3 Å². The summed E-state index contributed by atoms with van der Waals surface area (Å²) in [6.45, 7) is 8.48. The molecule has 1 heterocycles. The van der Waals surface area contributed by atoms with Crippen LogP contribution >= 0.6 is 0 Å². The summed E-state index contributed by atoms with van der Waals surface area (Å²) in [5.74, 6) is 1.55. The van der Waals surface area contributed by atoms with Crippen LogP contribution in [-0.4, -0.2) is 18.3 Å². The Kier molecular flexibility index (Phi) is 3.72. The molecule has 0 N–H and O–H groups in total. The molecule has 94 valence electrons. The van der Waals surface area contributed by atoms with Crippen molar-refractivity contribution in [1.82, 2.24) is 0 Å². The second-order valence-corrected chi connectivity index (χ2v) is 5.30. The fraction of sp³-hybridized carbons (Fsp3) is 0.600. The number of hydrogen-bond acceptors (Lipinski definition) is 2. The Morgan fingerprint density at radius 1 is 1.18 bits per heavy atom. The SMILES string of the molecule is CC(C)Oc1ccc(CC(C)C2OC2C)cc1.